The molecule has 3 heterocycles. The summed E-state index contributed by atoms with van der Waals surface area (Å²) in [6.07, 6.45) is 5.00. The van der Waals surface area contributed by atoms with Gasteiger partial charge in [0.15, 0.2) is 11.5 Å². The van der Waals surface area contributed by atoms with E-state index in [-0.39, 0.29) is 12.7 Å². The lowest BCUT2D eigenvalue weighted by Gasteiger charge is -2.35. The van der Waals surface area contributed by atoms with Crippen molar-refractivity contribution < 1.29 is 14.3 Å². The molecule has 0 radical (unpaired) electrons. The fraction of sp³-hybridized carbons (Fsp3) is 0.357. The SMILES string of the molecule is C[C@H](Cc1ccccn1)NC1CCN(c2ccc(C(=O)NCc3ccc4c(c3)OCO4)cc2)CC1. The van der Waals surface area contributed by atoms with Gasteiger partial charge in [0, 0.05) is 61.3 Å². The highest BCUT2D eigenvalue weighted by Crippen LogP contribution is 2.32. The Labute approximate surface area is 206 Å². The van der Waals surface area contributed by atoms with Crippen LogP contribution in [0.1, 0.15) is 41.4 Å². The molecule has 2 aliphatic heterocycles. The van der Waals surface area contributed by atoms with Crippen LogP contribution in [0.5, 0.6) is 11.5 Å². The van der Waals surface area contributed by atoms with Crippen LogP contribution in [0.4, 0.5) is 5.69 Å². The summed E-state index contributed by atoms with van der Waals surface area (Å²) in [6.45, 7) is 4.93. The molecule has 1 atom stereocenters. The van der Waals surface area contributed by atoms with Crippen molar-refractivity contribution in [3.8, 4) is 11.5 Å². The van der Waals surface area contributed by atoms with E-state index >= 15 is 0 Å². The fourth-order valence-electron chi connectivity index (χ4n) is 4.76. The van der Waals surface area contributed by atoms with E-state index in [4.69, 9.17) is 9.47 Å². The summed E-state index contributed by atoms with van der Waals surface area (Å²) in [5.41, 5.74) is 3.93. The summed E-state index contributed by atoms with van der Waals surface area (Å²) in [4.78, 5) is 19.5. The number of amides is 1. The van der Waals surface area contributed by atoms with E-state index in [1.54, 1.807) is 0 Å². The second-order valence-corrected chi connectivity index (χ2v) is 9.27. The van der Waals surface area contributed by atoms with Crippen LogP contribution in [-0.2, 0) is 13.0 Å². The van der Waals surface area contributed by atoms with E-state index in [0.29, 0.717) is 24.2 Å². The Hall–Kier alpha value is -3.58. The molecular formula is C28H32N4O3. The Bertz CT molecular complexity index is 1130. The lowest BCUT2D eigenvalue weighted by atomic mass is 10.0. The van der Waals surface area contributed by atoms with Gasteiger partial charge in [-0.15, -0.1) is 0 Å². The molecule has 2 aromatic carbocycles. The number of hydrogen-bond donors (Lipinski definition) is 2. The van der Waals surface area contributed by atoms with Crippen molar-refractivity contribution in [1.82, 2.24) is 15.6 Å². The maximum atomic E-state index is 12.6. The first-order valence-electron chi connectivity index (χ1n) is 12.3. The number of nitrogens with one attached hydrogen (secondary N) is 2. The van der Waals surface area contributed by atoms with Crippen molar-refractivity contribution >= 4 is 11.6 Å². The van der Waals surface area contributed by atoms with Crippen LogP contribution >= 0.6 is 0 Å². The van der Waals surface area contributed by atoms with Crippen LogP contribution in [0.3, 0.4) is 0 Å². The highest BCUT2D eigenvalue weighted by Gasteiger charge is 2.21. The Morgan fingerprint density at radius 3 is 2.63 bits per heavy atom. The molecule has 1 amide bonds. The summed E-state index contributed by atoms with van der Waals surface area (Å²) in [7, 11) is 0. The van der Waals surface area contributed by atoms with Gasteiger partial charge >= 0.3 is 0 Å². The fourth-order valence-corrected chi connectivity index (χ4v) is 4.76. The molecule has 0 unspecified atom stereocenters. The minimum absolute atomic E-state index is 0.0842. The molecule has 5 rings (SSSR count). The summed E-state index contributed by atoms with van der Waals surface area (Å²) < 4.78 is 10.7. The van der Waals surface area contributed by atoms with Crippen LogP contribution in [0.15, 0.2) is 66.9 Å². The number of hydrogen-bond acceptors (Lipinski definition) is 6. The van der Waals surface area contributed by atoms with Gasteiger partial charge in [-0.05, 0) is 73.9 Å². The maximum absolute atomic E-state index is 12.6. The topological polar surface area (TPSA) is 75.7 Å². The molecule has 1 aromatic heterocycles. The maximum Gasteiger partial charge on any atom is 0.251 e. The monoisotopic (exact) mass is 472 g/mol. The number of piperidine rings is 1. The number of benzene rings is 2. The van der Waals surface area contributed by atoms with Crippen molar-refractivity contribution in [3.05, 3.63) is 83.7 Å². The van der Waals surface area contributed by atoms with Gasteiger partial charge < -0.3 is 25.0 Å². The molecule has 0 bridgehead atoms. The zero-order valence-corrected chi connectivity index (χ0v) is 20.1. The van der Waals surface area contributed by atoms with Gasteiger partial charge in [-0.25, -0.2) is 0 Å². The molecule has 0 spiro atoms. The predicted molar refractivity (Wildman–Crippen MR) is 136 cm³/mol. The van der Waals surface area contributed by atoms with Gasteiger partial charge in [-0.1, -0.05) is 12.1 Å². The standard InChI is InChI=1S/C28H32N4O3/c1-20(16-24-4-2-3-13-29-24)31-23-11-14-32(15-12-23)25-8-6-22(7-9-25)28(33)30-18-21-5-10-26-27(17-21)35-19-34-26/h2-10,13,17,20,23,31H,11-12,14-16,18-19H2,1H3,(H,30,33)/t20-/m1/s1. The number of carbonyl (C=O) groups is 1. The van der Waals surface area contributed by atoms with Gasteiger partial charge in [0.2, 0.25) is 6.79 Å². The second kappa shape index (κ2) is 10.8. The van der Waals surface area contributed by atoms with Crippen molar-refractivity contribution in [3.63, 3.8) is 0 Å². The number of carbonyl (C=O) groups excluding carboxylic acids is 1. The van der Waals surface area contributed by atoms with Crippen LogP contribution in [-0.4, -0.2) is 42.9 Å². The Kier molecular flexibility index (Phi) is 7.14. The van der Waals surface area contributed by atoms with Crippen LogP contribution in [0.25, 0.3) is 0 Å². The first-order valence-corrected chi connectivity index (χ1v) is 12.3. The van der Waals surface area contributed by atoms with E-state index in [1.807, 2.05) is 60.8 Å². The Morgan fingerprint density at radius 2 is 1.86 bits per heavy atom. The molecular weight excluding hydrogens is 440 g/mol. The van der Waals surface area contributed by atoms with Crippen molar-refractivity contribution in [2.24, 2.45) is 0 Å². The summed E-state index contributed by atoms with van der Waals surface area (Å²) >= 11 is 0. The number of ether oxygens (including phenoxy) is 2. The van der Waals surface area contributed by atoms with Crippen LogP contribution in [0.2, 0.25) is 0 Å². The molecule has 3 aromatic rings. The van der Waals surface area contributed by atoms with Crippen molar-refractivity contribution in [2.45, 2.75) is 44.8 Å². The average Bonchev–Trinajstić information content (AvgIpc) is 3.36. The van der Waals surface area contributed by atoms with E-state index in [9.17, 15) is 4.79 Å². The van der Waals surface area contributed by atoms with Crippen molar-refractivity contribution in [1.29, 1.82) is 0 Å². The van der Waals surface area contributed by atoms with Gasteiger partial charge in [-0.2, -0.15) is 0 Å². The van der Waals surface area contributed by atoms with E-state index in [2.05, 4.69) is 33.5 Å². The smallest absolute Gasteiger partial charge is 0.251 e. The third kappa shape index (κ3) is 5.92. The normalized spacial score (nSPS) is 16.2. The lowest BCUT2D eigenvalue weighted by Crippen LogP contribution is -2.46. The highest BCUT2D eigenvalue weighted by atomic mass is 16.7. The molecule has 1 saturated heterocycles. The van der Waals surface area contributed by atoms with Gasteiger partial charge in [-0.3, -0.25) is 9.78 Å². The molecule has 0 saturated carbocycles. The van der Waals surface area contributed by atoms with E-state index < -0.39 is 0 Å². The van der Waals surface area contributed by atoms with Crippen molar-refractivity contribution in [2.75, 3.05) is 24.8 Å². The quantitative estimate of drug-likeness (QED) is 0.518. The van der Waals surface area contributed by atoms with Crippen LogP contribution in [0, 0.1) is 0 Å². The minimum Gasteiger partial charge on any atom is -0.454 e. The first-order chi connectivity index (χ1) is 17.1. The molecule has 2 N–H and O–H groups in total. The Balaban J connectivity index is 1.07. The predicted octanol–water partition coefficient (Wildman–Crippen LogP) is 3.93. The largest absolute Gasteiger partial charge is 0.454 e. The zero-order valence-electron chi connectivity index (χ0n) is 20.1. The average molecular weight is 473 g/mol. The first kappa shape index (κ1) is 23.2. The van der Waals surface area contributed by atoms with Crippen LogP contribution < -0.4 is 25.0 Å². The van der Waals surface area contributed by atoms with E-state index in [1.165, 1.54) is 0 Å². The number of anilines is 1. The summed E-state index contributed by atoms with van der Waals surface area (Å²) in [6, 6.07) is 20.6. The second-order valence-electron chi connectivity index (χ2n) is 9.27. The third-order valence-electron chi connectivity index (χ3n) is 6.64. The van der Waals surface area contributed by atoms with Gasteiger partial charge in [0.1, 0.15) is 0 Å². The lowest BCUT2D eigenvalue weighted by molar-refractivity contribution is 0.0951. The van der Waals surface area contributed by atoms with Gasteiger partial charge in [0.25, 0.3) is 5.91 Å². The molecule has 35 heavy (non-hydrogen) atoms. The molecule has 7 nitrogen and oxygen atoms in total. The number of fused-ring (bicyclic) bond motifs is 1. The number of pyridine rings is 1. The molecule has 2 aliphatic rings. The number of rotatable bonds is 8. The molecule has 182 valence electrons. The Morgan fingerprint density at radius 1 is 1.06 bits per heavy atom. The minimum atomic E-state index is -0.0842. The summed E-state index contributed by atoms with van der Waals surface area (Å²) in [5, 5.41) is 6.76. The molecule has 7 heteroatoms. The highest BCUT2D eigenvalue weighted by molar-refractivity contribution is 5.94. The third-order valence-corrected chi connectivity index (χ3v) is 6.64. The van der Waals surface area contributed by atoms with Gasteiger partial charge in [0.05, 0.1) is 0 Å². The zero-order chi connectivity index (χ0) is 24.0. The molecule has 1 fully saturated rings. The summed E-state index contributed by atoms with van der Waals surface area (Å²) in [5.74, 6) is 1.39. The molecule has 0 aliphatic carbocycles. The number of nitrogens with zero attached hydrogens (tertiary/aromatic N) is 2. The van der Waals surface area contributed by atoms with E-state index in [0.717, 1.165) is 60.8 Å². The number of aromatic nitrogens is 1.